The molecule has 0 aromatic heterocycles. The highest BCUT2D eigenvalue weighted by atomic mass is 16.1. The van der Waals surface area contributed by atoms with Gasteiger partial charge < -0.3 is 10.2 Å². The standard InChI is InChI=1S/C14H23N3O/c1-4-8-16-14(18)13(9-15)10-17-11(2)6-5-7-12(17)3/h10-12H,4-8H2,1-3H3,(H,16,18)/b13-10-. The first-order valence-corrected chi connectivity index (χ1v) is 6.77. The van der Waals surface area contributed by atoms with Gasteiger partial charge in [-0.05, 0) is 39.5 Å². The van der Waals surface area contributed by atoms with Crippen LogP contribution in [0.2, 0.25) is 0 Å². The van der Waals surface area contributed by atoms with Crippen LogP contribution in [0.1, 0.15) is 46.5 Å². The number of rotatable bonds is 4. The fourth-order valence-electron chi connectivity index (χ4n) is 2.32. The predicted molar refractivity (Wildman–Crippen MR) is 71.6 cm³/mol. The normalized spacial score (nSPS) is 24.6. The number of nitriles is 1. The summed E-state index contributed by atoms with van der Waals surface area (Å²) in [5.41, 5.74) is 0.212. The van der Waals surface area contributed by atoms with Gasteiger partial charge in [0.1, 0.15) is 11.6 Å². The number of amides is 1. The van der Waals surface area contributed by atoms with E-state index in [1.54, 1.807) is 6.20 Å². The van der Waals surface area contributed by atoms with Crippen molar-refractivity contribution in [3.63, 3.8) is 0 Å². The van der Waals surface area contributed by atoms with E-state index in [0.29, 0.717) is 18.6 Å². The second kappa shape index (κ2) is 7.05. The van der Waals surface area contributed by atoms with E-state index in [9.17, 15) is 4.79 Å². The van der Waals surface area contributed by atoms with Gasteiger partial charge in [-0.15, -0.1) is 0 Å². The molecule has 1 fully saturated rings. The summed E-state index contributed by atoms with van der Waals surface area (Å²) in [6.07, 6.45) is 6.07. The summed E-state index contributed by atoms with van der Waals surface area (Å²) in [6.45, 7) is 6.89. The zero-order chi connectivity index (χ0) is 13.5. The lowest BCUT2D eigenvalue weighted by Gasteiger charge is -2.38. The van der Waals surface area contributed by atoms with Gasteiger partial charge in [-0.2, -0.15) is 5.26 Å². The summed E-state index contributed by atoms with van der Waals surface area (Å²) in [5, 5.41) is 11.8. The summed E-state index contributed by atoms with van der Waals surface area (Å²) >= 11 is 0. The lowest BCUT2D eigenvalue weighted by atomic mass is 9.98. The minimum atomic E-state index is -0.260. The van der Waals surface area contributed by atoms with Crippen LogP contribution in [-0.2, 0) is 4.79 Å². The van der Waals surface area contributed by atoms with Crippen LogP contribution in [0.15, 0.2) is 11.8 Å². The fraction of sp³-hybridized carbons (Fsp3) is 0.714. The zero-order valence-electron chi connectivity index (χ0n) is 11.6. The number of carbonyl (C=O) groups is 1. The van der Waals surface area contributed by atoms with Crippen molar-refractivity contribution in [1.29, 1.82) is 5.26 Å². The largest absolute Gasteiger partial charge is 0.371 e. The van der Waals surface area contributed by atoms with Crippen molar-refractivity contribution >= 4 is 5.91 Å². The second-order valence-electron chi connectivity index (χ2n) is 4.99. The molecule has 0 aliphatic carbocycles. The molecule has 1 saturated heterocycles. The van der Waals surface area contributed by atoms with Gasteiger partial charge in [0.2, 0.25) is 0 Å². The van der Waals surface area contributed by atoms with E-state index in [1.165, 1.54) is 6.42 Å². The fourth-order valence-corrected chi connectivity index (χ4v) is 2.32. The summed E-state index contributed by atoms with van der Waals surface area (Å²) < 4.78 is 0. The van der Waals surface area contributed by atoms with Crippen LogP contribution in [-0.4, -0.2) is 29.4 Å². The van der Waals surface area contributed by atoms with Crippen LogP contribution in [0.4, 0.5) is 0 Å². The molecule has 1 rings (SSSR count). The first kappa shape index (κ1) is 14.6. The molecule has 4 heteroatoms. The number of nitrogens with zero attached hydrogens (tertiary/aromatic N) is 2. The highest BCUT2D eigenvalue weighted by Crippen LogP contribution is 2.23. The molecule has 18 heavy (non-hydrogen) atoms. The van der Waals surface area contributed by atoms with Gasteiger partial charge in [0, 0.05) is 24.8 Å². The van der Waals surface area contributed by atoms with Crippen LogP contribution >= 0.6 is 0 Å². The summed E-state index contributed by atoms with van der Waals surface area (Å²) in [6, 6.07) is 2.80. The third-order valence-corrected chi connectivity index (χ3v) is 3.44. The molecule has 0 spiro atoms. The topological polar surface area (TPSA) is 56.1 Å². The van der Waals surface area contributed by atoms with Gasteiger partial charge in [0.15, 0.2) is 0 Å². The van der Waals surface area contributed by atoms with Crippen molar-refractivity contribution in [3.05, 3.63) is 11.8 Å². The Labute approximate surface area is 110 Å². The Morgan fingerprint density at radius 1 is 1.44 bits per heavy atom. The lowest BCUT2D eigenvalue weighted by Crippen LogP contribution is -2.40. The Hall–Kier alpha value is -1.50. The van der Waals surface area contributed by atoms with Crippen LogP contribution in [0.3, 0.4) is 0 Å². The summed E-state index contributed by atoms with van der Waals surface area (Å²) in [5.74, 6) is -0.260. The minimum Gasteiger partial charge on any atom is -0.371 e. The maximum Gasteiger partial charge on any atom is 0.263 e. The van der Waals surface area contributed by atoms with Gasteiger partial charge in [-0.1, -0.05) is 6.92 Å². The highest BCUT2D eigenvalue weighted by molar-refractivity contribution is 5.97. The Balaban J connectivity index is 2.76. The molecule has 0 aromatic carbocycles. The van der Waals surface area contributed by atoms with Crippen molar-refractivity contribution in [2.45, 2.75) is 58.5 Å². The third kappa shape index (κ3) is 3.76. The van der Waals surface area contributed by atoms with Gasteiger partial charge >= 0.3 is 0 Å². The average Bonchev–Trinajstić information content (AvgIpc) is 2.35. The maximum atomic E-state index is 11.8. The predicted octanol–water partition coefficient (Wildman–Crippen LogP) is 2.18. The molecule has 1 heterocycles. The molecule has 0 aromatic rings. The van der Waals surface area contributed by atoms with Crippen molar-refractivity contribution in [2.24, 2.45) is 0 Å². The first-order valence-electron chi connectivity index (χ1n) is 6.77. The van der Waals surface area contributed by atoms with Crippen molar-refractivity contribution in [1.82, 2.24) is 10.2 Å². The molecule has 1 amide bonds. The molecule has 4 nitrogen and oxygen atoms in total. The molecule has 0 radical (unpaired) electrons. The van der Waals surface area contributed by atoms with Gasteiger partial charge in [-0.25, -0.2) is 0 Å². The molecular formula is C14H23N3O. The lowest BCUT2D eigenvalue weighted by molar-refractivity contribution is -0.117. The molecule has 1 aliphatic heterocycles. The molecule has 100 valence electrons. The molecule has 1 aliphatic rings. The zero-order valence-corrected chi connectivity index (χ0v) is 11.6. The number of hydrogen-bond donors (Lipinski definition) is 1. The Bertz CT molecular complexity index is 347. The maximum absolute atomic E-state index is 11.8. The minimum absolute atomic E-state index is 0.212. The number of hydrogen-bond acceptors (Lipinski definition) is 3. The van der Waals surface area contributed by atoms with Gasteiger partial charge in [-0.3, -0.25) is 4.79 Å². The van der Waals surface area contributed by atoms with Gasteiger partial charge in [0.25, 0.3) is 5.91 Å². The van der Waals surface area contributed by atoms with E-state index in [-0.39, 0.29) is 11.5 Å². The first-order chi connectivity index (χ1) is 8.60. The Morgan fingerprint density at radius 2 is 2.06 bits per heavy atom. The van der Waals surface area contributed by atoms with Crippen molar-refractivity contribution in [2.75, 3.05) is 6.54 Å². The second-order valence-corrected chi connectivity index (χ2v) is 4.99. The summed E-state index contributed by atoms with van der Waals surface area (Å²) in [4.78, 5) is 13.9. The van der Waals surface area contributed by atoms with E-state index in [0.717, 1.165) is 19.3 Å². The van der Waals surface area contributed by atoms with Crippen LogP contribution in [0, 0.1) is 11.3 Å². The van der Waals surface area contributed by atoms with Crippen molar-refractivity contribution in [3.8, 4) is 6.07 Å². The number of piperidine rings is 1. The van der Waals surface area contributed by atoms with E-state index in [1.807, 2.05) is 13.0 Å². The summed E-state index contributed by atoms with van der Waals surface area (Å²) in [7, 11) is 0. The SMILES string of the molecule is CCCNC(=O)/C(C#N)=C\N1C(C)CCCC1C. The molecule has 0 saturated carbocycles. The number of likely N-dealkylation sites (tertiary alicyclic amines) is 1. The quantitative estimate of drug-likeness (QED) is 0.613. The van der Waals surface area contributed by atoms with Gasteiger partial charge in [0.05, 0.1) is 0 Å². The Morgan fingerprint density at radius 3 is 2.56 bits per heavy atom. The third-order valence-electron chi connectivity index (χ3n) is 3.44. The van der Waals surface area contributed by atoms with E-state index < -0.39 is 0 Å². The van der Waals surface area contributed by atoms with E-state index >= 15 is 0 Å². The highest BCUT2D eigenvalue weighted by Gasteiger charge is 2.23. The molecule has 0 bridgehead atoms. The number of carbonyl (C=O) groups excluding carboxylic acids is 1. The molecule has 1 N–H and O–H groups in total. The van der Waals surface area contributed by atoms with E-state index in [2.05, 4.69) is 24.1 Å². The number of nitrogens with one attached hydrogen (secondary N) is 1. The smallest absolute Gasteiger partial charge is 0.263 e. The van der Waals surface area contributed by atoms with Crippen LogP contribution < -0.4 is 5.32 Å². The molecular weight excluding hydrogens is 226 g/mol. The average molecular weight is 249 g/mol. The van der Waals surface area contributed by atoms with Crippen LogP contribution in [0.5, 0.6) is 0 Å². The molecule has 2 atom stereocenters. The van der Waals surface area contributed by atoms with E-state index in [4.69, 9.17) is 5.26 Å². The van der Waals surface area contributed by atoms with Crippen molar-refractivity contribution < 1.29 is 4.79 Å². The Kier molecular flexibility index (Phi) is 5.70. The monoisotopic (exact) mass is 249 g/mol. The van der Waals surface area contributed by atoms with Crippen LogP contribution in [0.25, 0.3) is 0 Å². The molecule has 2 unspecified atom stereocenters.